The monoisotopic (exact) mass is 184 g/mol. The standard InChI is InChI=1S/C8H12N2O3/c1-6(11)10-7(8(12)13)4-2-3-5-9/h7H,2-4H2,1H3,(H,10,11)(H,12,13)/t7-/m0/s1. The fourth-order valence-corrected chi connectivity index (χ4v) is 0.888. The fourth-order valence-electron chi connectivity index (χ4n) is 0.888. The molecule has 0 aliphatic rings. The summed E-state index contributed by atoms with van der Waals surface area (Å²) in [6.45, 7) is 1.26. The predicted molar refractivity (Wildman–Crippen MR) is 44.7 cm³/mol. The van der Waals surface area contributed by atoms with E-state index in [4.69, 9.17) is 10.4 Å². The number of nitriles is 1. The summed E-state index contributed by atoms with van der Waals surface area (Å²) in [6.07, 6.45) is 1.08. The molecule has 0 aliphatic heterocycles. The number of nitrogens with one attached hydrogen (secondary N) is 1. The Kier molecular flexibility index (Phi) is 5.28. The van der Waals surface area contributed by atoms with E-state index in [-0.39, 0.29) is 5.91 Å². The average Bonchev–Trinajstić information content (AvgIpc) is 2.02. The largest absolute Gasteiger partial charge is 0.480 e. The molecule has 13 heavy (non-hydrogen) atoms. The van der Waals surface area contributed by atoms with Crippen molar-refractivity contribution in [3.63, 3.8) is 0 Å². The van der Waals surface area contributed by atoms with Crippen molar-refractivity contribution in [2.45, 2.75) is 32.2 Å². The zero-order valence-corrected chi connectivity index (χ0v) is 7.41. The molecule has 1 atom stereocenters. The van der Waals surface area contributed by atoms with Gasteiger partial charge in [-0.25, -0.2) is 4.79 Å². The first kappa shape index (κ1) is 11.4. The third kappa shape index (κ3) is 5.67. The van der Waals surface area contributed by atoms with Crippen LogP contribution in [-0.4, -0.2) is 23.0 Å². The first-order chi connectivity index (χ1) is 6.07. The van der Waals surface area contributed by atoms with Gasteiger partial charge in [-0.2, -0.15) is 5.26 Å². The van der Waals surface area contributed by atoms with Crippen LogP contribution in [-0.2, 0) is 9.59 Å². The van der Waals surface area contributed by atoms with Crippen molar-refractivity contribution < 1.29 is 14.7 Å². The van der Waals surface area contributed by atoms with Crippen LogP contribution in [0.15, 0.2) is 0 Å². The Morgan fingerprint density at radius 2 is 2.23 bits per heavy atom. The van der Waals surface area contributed by atoms with Crippen LogP contribution in [0.4, 0.5) is 0 Å². The molecule has 5 nitrogen and oxygen atoms in total. The Morgan fingerprint density at radius 3 is 2.62 bits per heavy atom. The maximum Gasteiger partial charge on any atom is 0.326 e. The number of aliphatic carboxylic acids is 1. The summed E-state index contributed by atoms with van der Waals surface area (Å²) in [5, 5.41) is 19.1. The number of nitrogens with zero attached hydrogens (tertiary/aromatic N) is 1. The number of carbonyl (C=O) groups is 2. The van der Waals surface area contributed by atoms with Gasteiger partial charge in [-0.15, -0.1) is 0 Å². The zero-order chi connectivity index (χ0) is 10.3. The quantitative estimate of drug-likeness (QED) is 0.600. The smallest absolute Gasteiger partial charge is 0.326 e. The average molecular weight is 184 g/mol. The summed E-state index contributed by atoms with van der Waals surface area (Å²) < 4.78 is 0. The van der Waals surface area contributed by atoms with E-state index >= 15 is 0 Å². The normalized spacial score (nSPS) is 11.4. The zero-order valence-electron chi connectivity index (χ0n) is 7.41. The highest BCUT2D eigenvalue weighted by molar-refractivity contribution is 5.81. The van der Waals surface area contributed by atoms with Crippen LogP contribution >= 0.6 is 0 Å². The van der Waals surface area contributed by atoms with Gasteiger partial charge in [-0.05, 0) is 12.8 Å². The molecule has 0 unspecified atom stereocenters. The van der Waals surface area contributed by atoms with Crippen LogP contribution in [0.1, 0.15) is 26.2 Å². The van der Waals surface area contributed by atoms with Crippen LogP contribution < -0.4 is 5.32 Å². The molecule has 0 aliphatic carbocycles. The van der Waals surface area contributed by atoms with Gasteiger partial charge in [-0.1, -0.05) is 0 Å². The van der Waals surface area contributed by atoms with Crippen LogP contribution in [0.5, 0.6) is 0 Å². The van der Waals surface area contributed by atoms with Gasteiger partial charge in [0.2, 0.25) is 5.91 Å². The van der Waals surface area contributed by atoms with Crippen molar-refractivity contribution in [3.8, 4) is 6.07 Å². The molecular formula is C8H12N2O3. The van der Waals surface area contributed by atoms with Gasteiger partial charge < -0.3 is 10.4 Å². The lowest BCUT2D eigenvalue weighted by Gasteiger charge is -2.11. The molecule has 0 radical (unpaired) electrons. The molecule has 0 aromatic heterocycles. The lowest BCUT2D eigenvalue weighted by atomic mass is 10.1. The predicted octanol–water partition coefficient (Wildman–Crippen LogP) is 0.270. The summed E-state index contributed by atoms with van der Waals surface area (Å²) in [4.78, 5) is 21.1. The number of carboxylic acid groups (broad SMARTS) is 1. The highest BCUT2D eigenvalue weighted by Crippen LogP contribution is 2.00. The van der Waals surface area contributed by atoms with Crippen molar-refractivity contribution in [1.82, 2.24) is 5.32 Å². The Labute approximate surface area is 76.4 Å². The minimum Gasteiger partial charge on any atom is -0.480 e. The van der Waals surface area contributed by atoms with Crippen LogP contribution in [0.2, 0.25) is 0 Å². The number of carbonyl (C=O) groups excluding carboxylic acids is 1. The Balaban J connectivity index is 3.89. The summed E-state index contributed by atoms with van der Waals surface area (Å²) in [7, 11) is 0. The Bertz CT molecular complexity index is 232. The van der Waals surface area contributed by atoms with E-state index < -0.39 is 12.0 Å². The topological polar surface area (TPSA) is 90.2 Å². The molecule has 0 rings (SSSR count). The van der Waals surface area contributed by atoms with Crippen molar-refractivity contribution >= 4 is 11.9 Å². The van der Waals surface area contributed by atoms with Gasteiger partial charge in [0.1, 0.15) is 6.04 Å². The summed E-state index contributed by atoms with van der Waals surface area (Å²) in [6, 6.07) is 1.04. The molecular weight excluding hydrogens is 172 g/mol. The number of rotatable bonds is 5. The molecule has 5 heteroatoms. The number of hydrogen-bond donors (Lipinski definition) is 2. The second-order valence-electron chi connectivity index (χ2n) is 2.64. The number of amides is 1. The van der Waals surface area contributed by atoms with E-state index in [0.717, 1.165) is 0 Å². The molecule has 0 aromatic carbocycles. The Hall–Kier alpha value is -1.57. The SMILES string of the molecule is CC(=O)N[C@@H](CCCC#N)C(=O)O. The molecule has 72 valence electrons. The molecule has 0 fully saturated rings. The highest BCUT2D eigenvalue weighted by atomic mass is 16.4. The van der Waals surface area contributed by atoms with Crippen LogP contribution in [0, 0.1) is 11.3 Å². The molecule has 0 saturated carbocycles. The molecule has 0 saturated heterocycles. The van der Waals surface area contributed by atoms with E-state index in [9.17, 15) is 9.59 Å². The summed E-state index contributed by atoms with van der Waals surface area (Å²) in [5.41, 5.74) is 0. The fraction of sp³-hybridized carbons (Fsp3) is 0.625. The van der Waals surface area contributed by atoms with Crippen molar-refractivity contribution in [2.24, 2.45) is 0 Å². The molecule has 2 N–H and O–H groups in total. The van der Waals surface area contributed by atoms with Crippen molar-refractivity contribution in [3.05, 3.63) is 0 Å². The van der Waals surface area contributed by atoms with E-state index in [0.29, 0.717) is 19.3 Å². The minimum atomic E-state index is -1.06. The van der Waals surface area contributed by atoms with E-state index in [1.54, 1.807) is 0 Å². The van der Waals surface area contributed by atoms with E-state index in [1.807, 2.05) is 6.07 Å². The molecule has 1 amide bonds. The van der Waals surface area contributed by atoms with E-state index in [1.165, 1.54) is 6.92 Å². The van der Waals surface area contributed by atoms with Crippen molar-refractivity contribution in [2.75, 3.05) is 0 Å². The maximum absolute atomic E-state index is 10.6. The van der Waals surface area contributed by atoms with Gasteiger partial charge in [0, 0.05) is 13.3 Å². The summed E-state index contributed by atoms with van der Waals surface area (Å²) >= 11 is 0. The molecule has 0 bridgehead atoms. The highest BCUT2D eigenvalue weighted by Gasteiger charge is 2.16. The summed E-state index contributed by atoms with van der Waals surface area (Å²) in [5.74, 6) is -1.43. The minimum absolute atomic E-state index is 0.294. The third-order valence-electron chi connectivity index (χ3n) is 1.46. The number of carboxylic acids is 1. The lowest BCUT2D eigenvalue weighted by molar-refractivity contribution is -0.141. The molecule has 0 aromatic rings. The van der Waals surface area contributed by atoms with Gasteiger partial charge >= 0.3 is 5.97 Å². The number of unbranched alkanes of at least 4 members (excludes halogenated alkanes) is 1. The second kappa shape index (κ2) is 6.00. The lowest BCUT2D eigenvalue weighted by Crippen LogP contribution is -2.39. The number of hydrogen-bond acceptors (Lipinski definition) is 3. The first-order valence-corrected chi connectivity index (χ1v) is 3.94. The van der Waals surface area contributed by atoms with Gasteiger partial charge in [-0.3, -0.25) is 4.79 Å². The third-order valence-corrected chi connectivity index (χ3v) is 1.46. The van der Waals surface area contributed by atoms with Gasteiger partial charge in [0.25, 0.3) is 0 Å². The van der Waals surface area contributed by atoms with Gasteiger partial charge in [0.05, 0.1) is 6.07 Å². The van der Waals surface area contributed by atoms with E-state index in [2.05, 4.69) is 5.32 Å². The van der Waals surface area contributed by atoms with Crippen molar-refractivity contribution in [1.29, 1.82) is 5.26 Å². The second-order valence-corrected chi connectivity index (χ2v) is 2.64. The molecule has 0 spiro atoms. The van der Waals surface area contributed by atoms with Gasteiger partial charge in [0.15, 0.2) is 0 Å². The van der Waals surface area contributed by atoms with Crippen LogP contribution in [0.3, 0.4) is 0 Å². The Morgan fingerprint density at radius 1 is 1.62 bits per heavy atom. The maximum atomic E-state index is 10.6. The van der Waals surface area contributed by atoms with Crippen LogP contribution in [0.25, 0.3) is 0 Å². The molecule has 0 heterocycles. The first-order valence-electron chi connectivity index (χ1n) is 3.94.